The van der Waals surface area contributed by atoms with E-state index in [0.29, 0.717) is 12.0 Å². The summed E-state index contributed by atoms with van der Waals surface area (Å²) in [7, 11) is 0. The average molecular weight is 564 g/mol. The van der Waals surface area contributed by atoms with Crippen LogP contribution in [-0.4, -0.2) is 76.5 Å². The minimum absolute atomic E-state index is 0.0192. The van der Waals surface area contributed by atoms with E-state index in [1.807, 2.05) is 13.8 Å². The summed E-state index contributed by atoms with van der Waals surface area (Å²) in [6, 6.07) is 3.93. The van der Waals surface area contributed by atoms with Crippen molar-refractivity contribution >= 4 is 35.6 Å². The molecular formula is C26H41N7O7. The van der Waals surface area contributed by atoms with Crippen molar-refractivity contribution in [3.05, 3.63) is 35.9 Å². The molecular weight excluding hydrogens is 522 g/mol. The lowest BCUT2D eigenvalue weighted by atomic mass is 10.0. The van der Waals surface area contributed by atoms with Gasteiger partial charge in [0, 0.05) is 19.4 Å². The van der Waals surface area contributed by atoms with Crippen LogP contribution in [0.25, 0.3) is 0 Å². The van der Waals surface area contributed by atoms with E-state index in [0.717, 1.165) is 0 Å². The third-order valence-electron chi connectivity index (χ3n) is 5.82. The quantitative estimate of drug-likeness (QED) is 0.0618. The largest absolute Gasteiger partial charge is 0.481 e. The lowest BCUT2D eigenvalue weighted by Crippen LogP contribution is -2.57. The van der Waals surface area contributed by atoms with E-state index in [-0.39, 0.29) is 44.1 Å². The molecule has 222 valence electrons. The fourth-order valence-corrected chi connectivity index (χ4v) is 3.76. The summed E-state index contributed by atoms with van der Waals surface area (Å²) in [5.74, 6) is -4.79. The monoisotopic (exact) mass is 563 g/mol. The van der Waals surface area contributed by atoms with Crippen molar-refractivity contribution in [2.24, 2.45) is 28.1 Å². The van der Waals surface area contributed by atoms with Gasteiger partial charge >= 0.3 is 11.9 Å². The van der Waals surface area contributed by atoms with Gasteiger partial charge in [0.1, 0.15) is 18.1 Å². The Kier molecular flexibility index (Phi) is 14.7. The molecule has 0 aromatic heterocycles. The molecule has 1 aromatic carbocycles. The molecule has 0 saturated carbocycles. The Hall–Kier alpha value is -4.20. The maximum Gasteiger partial charge on any atom is 0.326 e. The summed E-state index contributed by atoms with van der Waals surface area (Å²) >= 11 is 0. The first-order chi connectivity index (χ1) is 18.8. The predicted octanol–water partition coefficient (Wildman–Crippen LogP) is -0.940. The minimum Gasteiger partial charge on any atom is -0.481 e. The number of nitrogens with one attached hydrogen (secondary N) is 3. The molecule has 1 rings (SSSR count). The van der Waals surface area contributed by atoms with Crippen LogP contribution in [0.3, 0.4) is 0 Å². The lowest BCUT2D eigenvalue weighted by molar-refractivity contribution is -0.143. The molecule has 0 aliphatic carbocycles. The van der Waals surface area contributed by atoms with E-state index < -0.39 is 60.2 Å². The standard InChI is InChI=1S/C26H41N7O7/c1-15(2)13-19(32-22(36)17(27)9-6-12-30-26(28)29)24(38)31-18(10-11-21(34)35)23(37)33-20(25(39)40)14-16-7-4-3-5-8-16/h3-5,7-8,15,17-20H,6,9-14,27H2,1-2H3,(H,31,38)(H,32,36)(H,33,37)(H,34,35)(H,39,40)(H4,28,29,30). The highest BCUT2D eigenvalue weighted by atomic mass is 16.4. The van der Waals surface area contributed by atoms with Gasteiger partial charge in [-0.15, -0.1) is 0 Å². The van der Waals surface area contributed by atoms with Crippen LogP contribution in [0.15, 0.2) is 35.3 Å². The summed E-state index contributed by atoms with van der Waals surface area (Å²) in [6.07, 6.45) is 0.110. The van der Waals surface area contributed by atoms with Gasteiger partial charge in [-0.2, -0.15) is 0 Å². The lowest BCUT2D eigenvalue weighted by Gasteiger charge is -2.26. The molecule has 3 amide bonds. The van der Waals surface area contributed by atoms with Gasteiger partial charge in [-0.05, 0) is 37.2 Å². The number of nitrogens with zero attached hydrogens (tertiary/aromatic N) is 1. The van der Waals surface area contributed by atoms with Crippen molar-refractivity contribution < 1.29 is 34.2 Å². The number of hydrogen-bond acceptors (Lipinski definition) is 7. The zero-order chi connectivity index (χ0) is 30.2. The molecule has 0 radical (unpaired) electrons. The third-order valence-corrected chi connectivity index (χ3v) is 5.82. The van der Waals surface area contributed by atoms with Crippen LogP contribution in [0.1, 0.15) is 51.5 Å². The number of nitrogens with two attached hydrogens (primary N) is 3. The van der Waals surface area contributed by atoms with E-state index in [4.69, 9.17) is 22.3 Å². The molecule has 0 fully saturated rings. The predicted molar refractivity (Wildman–Crippen MR) is 148 cm³/mol. The van der Waals surface area contributed by atoms with Crippen LogP contribution in [0.2, 0.25) is 0 Å². The maximum absolute atomic E-state index is 13.2. The van der Waals surface area contributed by atoms with Crippen molar-refractivity contribution in [1.29, 1.82) is 0 Å². The molecule has 4 unspecified atom stereocenters. The summed E-state index contributed by atoms with van der Waals surface area (Å²) in [4.78, 5) is 65.7. The molecule has 11 N–H and O–H groups in total. The Balaban J connectivity index is 2.98. The molecule has 14 nitrogen and oxygen atoms in total. The average Bonchev–Trinajstić information content (AvgIpc) is 2.87. The zero-order valence-electron chi connectivity index (χ0n) is 22.8. The fraction of sp³-hybridized carbons (Fsp3) is 0.538. The SMILES string of the molecule is CC(C)CC(NC(=O)C(N)CCCN=C(N)N)C(=O)NC(CCC(=O)O)C(=O)NC(Cc1ccccc1)C(=O)O. The van der Waals surface area contributed by atoms with Gasteiger partial charge in [0.2, 0.25) is 17.7 Å². The summed E-state index contributed by atoms with van der Waals surface area (Å²) in [6.45, 7) is 3.94. The first-order valence-electron chi connectivity index (χ1n) is 13.0. The number of guanidine groups is 1. The van der Waals surface area contributed by atoms with Gasteiger partial charge in [-0.1, -0.05) is 44.2 Å². The Bertz CT molecular complexity index is 1030. The molecule has 4 atom stereocenters. The van der Waals surface area contributed by atoms with Crippen LogP contribution >= 0.6 is 0 Å². The molecule has 0 aliphatic rings. The molecule has 1 aromatic rings. The van der Waals surface area contributed by atoms with Crippen molar-refractivity contribution in [2.75, 3.05) is 6.54 Å². The number of carbonyl (C=O) groups excluding carboxylic acids is 3. The highest BCUT2D eigenvalue weighted by Crippen LogP contribution is 2.09. The van der Waals surface area contributed by atoms with Gasteiger partial charge < -0.3 is 43.4 Å². The number of aliphatic carboxylic acids is 2. The molecule has 40 heavy (non-hydrogen) atoms. The topological polar surface area (TPSA) is 252 Å². The van der Waals surface area contributed by atoms with E-state index in [2.05, 4.69) is 20.9 Å². The summed E-state index contributed by atoms with van der Waals surface area (Å²) < 4.78 is 0. The number of aliphatic imine (C=N–C) groups is 1. The highest BCUT2D eigenvalue weighted by Gasteiger charge is 2.31. The van der Waals surface area contributed by atoms with E-state index in [1.54, 1.807) is 30.3 Å². The number of carboxylic acids is 2. The molecule has 0 saturated heterocycles. The number of rotatable bonds is 18. The molecule has 14 heteroatoms. The highest BCUT2D eigenvalue weighted by molar-refractivity contribution is 5.94. The number of carbonyl (C=O) groups is 5. The van der Waals surface area contributed by atoms with Crippen LogP contribution in [0, 0.1) is 5.92 Å². The van der Waals surface area contributed by atoms with E-state index >= 15 is 0 Å². The molecule has 0 heterocycles. The van der Waals surface area contributed by atoms with Crippen molar-refractivity contribution in [3.63, 3.8) is 0 Å². The first kappa shape index (κ1) is 33.8. The van der Waals surface area contributed by atoms with Crippen molar-refractivity contribution in [2.45, 2.75) is 76.5 Å². The Morgan fingerprint density at radius 2 is 1.43 bits per heavy atom. The Morgan fingerprint density at radius 1 is 0.850 bits per heavy atom. The Morgan fingerprint density at radius 3 is 1.98 bits per heavy atom. The maximum atomic E-state index is 13.2. The smallest absolute Gasteiger partial charge is 0.326 e. The molecule has 0 spiro atoms. The summed E-state index contributed by atoms with van der Waals surface area (Å²) in [5.41, 5.74) is 17.2. The normalized spacial score (nSPS) is 13.8. The summed E-state index contributed by atoms with van der Waals surface area (Å²) in [5, 5.41) is 26.2. The number of amides is 3. The molecule has 0 bridgehead atoms. The van der Waals surface area contributed by atoms with Crippen molar-refractivity contribution in [3.8, 4) is 0 Å². The zero-order valence-corrected chi connectivity index (χ0v) is 22.8. The van der Waals surface area contributed by atoms with Gasteiger partial charge in [-0.3, -0.25) is 24.2 Å². The third kappa shape index (κ3) is 13.6. The Labute approximate surface area is 233 Å². The first-order valence-corrected chi connectivity index (χ1v) is 13.0. The number of carboxylic acid groups (broad SMARTS) is 2. The second-order valence-corrected chi connectivity index (χ2v) is 9.83. The fourth-order valence-electron chi connectivity index (χ4n) is 3.76. The van der Waals surface area contributed by atoms with Crippen LogP contribution in [0.4, 0.5) is 0 Å². The molecule has 0 aliphatic heterocycles. The van der Waals surface area contributed by atoms with Crippen molar-refractivity contribution in [1.82, 2.24) is 16.0 Å². The van der Waals surface area contributed by atoms with Gasteiger partial charge in [0.25, 0.3) is 0 Å². The number of benzene rings is 1. The van der Waals surface area contributed by atoms with Gasteiger partial charge in [0.05, 0.1) is 6.04 Å². The van der Waals surface area contributed by atoms with E-state index in [1.165, 1.54) is 0 Å². The number of hydrogen-bond donors (Lipinski definition) is 8. The van der Waals surface area contributed by atoms with Gasteiger partial charge in [0.15, 0.2) is 5.96 Å². The second-order valence-electron chi connectivity index (χ2n) is 9.83. The van der Waals surface area contributed by atoms with Crippen LogP contribution in [0.5, 0.6) is 0 Å². The van der Waals surface area contributed by atoms with E-state index in [9.17, 15) is 29.1 Å². The van der Waals surface area contributed by atoms with Crippen LogP contribution in [-0.2, 0) is 30.4 Å². The van der Waals surface area contributed by atoms with Gasteiger partial charge in [-0.25, -0.2) is 4.79 Å². The minimum atomic E-state index is -1.36. The van der Waals surface area contributed by atoms with Crippen LogP contribution < -0.4 is 33.2 Å². The second kappa shape index (κ2) is 17.4.